The van der Waals surface area contributed by atoms with E-state index in [1.54, 1.807) is 0 Å². The van der Waals surface area contributed by atoms with E-state index >= 15 is 0 Å². The van der Waals surface area contributed by atoms with E-state index in [1.807, 2.05) is 6.07 Å². The number of hydrogen-bond acceptors (Lipinski definition) is 1. The predicted octanol–water partition coefficient (Wildman–Crippen LogP) is 2.29. The summed E-state index contributed by atoms with van der Waals surface area (Å²) in [6.45, 7) is 0. The first-order chi connectivity index (χ1) is 6.75. The highest BCUT2D eigenvalue weighted by molar-refractivity contribution is 7.78. The topological polar surface area (TPSA) is 37.3 Å². The first-order valence-corrected chi connectivity index (χ1v) is 6.21. The zero-order valence-corrected chi connectivity index (χ0v) is 8.85. The summed E-state index contributed by atoms with van der Waals surface area (Å²) in [5.41, 5.74) is 3.77. The molecule has 1 unspecified atom stereocenters. The van der Waals surface area contributed by atoms with E-state index in [0.29, 0.717) is 0 Å². The number of fused-ring (bicyclic) bond motifs is 1. The highest BCUT2D eigenvalue weighted by Crippen LogP contribution is 2.22. The van der Waals surface area contributed by atoms with Crippen LogP contribution in [0.15, 0.2) is 18.2 Å². The van der Waals surface area contributed by atoms with Crippen LogP contribution in [0.3, 0.4) is 0 Å². The highest BCUT2D eigenvalue weighted by atomic mass is 32.2. The molecule has 0 radical (unpaired) electrons. The molecule has 0 spiro atoms. The lowest BCUT2D eigenvalue weighted by Gasteiger charge is -2.16. The van der Waals surface area contributed by atoms with Crippen LogP contribution in [0.25, 0.3) is 0 Å². The van der Waals surface area contributed by atoms with Crippen LogP contribution in [0, 0.1) is 0 Å². The fourth-order valence-corrected chi connectivity index (χ4v) is 2.48. The molecule has 0 heterocycles. The maximum absolute atomic E-state index is 10.6. The Morgan fingerprint density at radius 1 is 1.21 bits per heavy atom. The number of hydrogen-bond donors (Lipinski definition) is 1. The maximum atomic E-state index is 10.6. The number of benzene rings is 1. The van der Waals surface area contributed by atoms with Gasteiger partial charge in [-0.3, -0.25) is 0 Å². The lowest BCUT2D eigenvalue weighted by molar-refractivity contribution is 0.563. The van der Waals surface area contributed by atoms with Crippen LogP contribution in [-0.2, 0) is 29.7 Å². The monoisotopic (exact) mass is 210 g/mol. The molecule has 1 N–H and O–H groups in total. The minimum atomic E-state index is -1.72. The van der Waals surface area contributed by atoms with E-state index in [1.165, 1.54) is 24.0 Å². The van der Waals surface area contributed by atoms with Gasteiger partial charge in [-0.15, -0.1) is 0 Å². The Kier molecular flexibility index (Phi) is 2.99. The Labute approximate surface area is 86.6 Å². The summed E-state index contributed by atoms with van der Waals surface area (Å²) in [5.74, 6) is 0.257. The summed E-state index contributed by atoms with van der Waals surface area (Å²) in [4.78, 5) is 0. The summed E-state index contributed by atoms with van der Waals surface area (Å²) in [6, 6.07) is 6.16. The molecule has 76 valence electrons. The summed E-state index contributed by atoms with van der Waals surface area (Å²) < 4.78 is 19.4. The summed E-state index contributed by atoms with van der Waals surface area (Å²) in [5, 5.41) is 0. The molecule has 0 fully saturated rings. The molecule has 1 aromatic carbocycles. The smallest absolute Gasteiger partial charge is 0.157 e. The lowest BCUT2D eigenvalue weighted by atomic mass is 9.91. The van der Waals surface area contributed by atoms with Gasteiger partial charge in [0.1, 0.15) is 0 Å². The van der Waals surface area contributed by atoms with Gasteiger partial charge >= 0.3 is 0 Å². The Hall–Kier alpha value is -0.670. The van der Waals surface area contributed by atoms with E-state index in [4.69, 9.17) is 4.55 Å². The van der Waals surface area contributed by atoms with Crippen LogP contribution < -0.4 is 0 Å². The predicted molar refractivity (Wildman–Crippen MR) is 57.6 cm³/mol. The van der Waals surface area contributed by atoms with Gasteiger partial charge < -0.3 is 4.55 Å². The van der Waals surface area contributed by atoms with E-state index in [2.05, 4.69) is 12.1 Å². The Bertz CT molecular complexity index is 360. The quantitative estimate of drug-likeness (QED) is 0.760. The molecule has 1 aliphatic carbocycles. The third-order valence-corrected chi connectivity index (χ3v) is 3.28. The molecule has 0 saturated heterocycles. The van der Waals surface area contributed by atoms with Gasteiger partial charge in [0.15, 0.2) is 11.1 Å². The molecule has 0 aromatic heterocycles. The molecule has 0 saturated carbocycles. The molecule has 14 heavy (non-hydrogen) atoms. The van der Waals surface area contributed by atoms with Gasteiger partial charge in [-0.1, -0.05) is 18.2 Å². The molecule has 2 rings (SSSR count). The third-order valence-electron chi connectivity index (χ3n) is 2.70. The Morgan fingerprint density at radius 3 is 2.64 bits per heavy atom. The fourth-order valence-electron chi connectivity index (χ4n) is 2.02. The van der Waals surface area contributed by atoms with Gasteiger partial charge in [0, 0.05) is 0 Å². The highest BCUT2D eigenvalue weighted by Gasteiger charge is 2.09. The van der Waals surface area contributed by atoms with Crippen molar-refractivity contribution >= 4 is 11.1 Å². The standard InChI is InChI=1S/C11H14O2S/c12-14(13)8-9-5-6-10-3-1-2-4-11(10)7-9/h5-7H,1-4,8H2,(H,12,13). The first-order valence-electron chi connectivity index (χ1n) is 4.94. The second kappa shape index (κ2) is 4.24. The van der Waals surface area contributed by atoms with Crippen molar-refractivity contribution in [3.05, 3.63) is 34.9 Å². The van der Waals surface area contributed by atoms with Crippen LogP contribution in [-0.4, -0.2) is 8.76 Å². The third kappa shape index (κ3) is 2.22. The van der Waals surface area contributed by atoms with Crippen molar-refractivity contribution in [2.45, 2.75) is 31.4 Å². The minimum Gasteiger partial charge on any atom is -0.306 e. The summed E-state index contributed by atoms with van der Waals surface area (Å²) >= 11 is -1.72. The van der Waals surface area contributed by atoms with Crippen molar-refractivity contribution in [1.82, 2.24) is 0 Å². The van der Waals surface area contributed by atoms with Crippen LogP contribution in [0.4, 0.5) is 0 Å². The van der Waals surface area contributed by atoms with Crippen molar-refractivity contribution in [3.8, 4) is 0 Å². The van der Waals surface area contributed by atoms with Crippen molar-refractivity contribution in [1.29, 1.82) is 0 Å². The van der Waals surface area contributed by atoms with Crippen LogP contribution in [0.1, 0.15) is 29.5 Å². The zero-order valence-electron chi connectivity index (χ0n) is 8.03. The van der Waals surface area contributed by atoms with Crippen LogP contribution in [0.5, 0.6) is 0 Å². The summed E-state index contributed by atoms with van der Waals surface area (Å²) in [7, 11) is 0. The van der Waals surface area contributed by atoms with E-state index in [9.17, 15) is 4.21 Å². The van der Waals surface area contributed by atoms with Crippen LogP contribution >= 0.6 is 0 Å². The number of rotatable bonds is 2. The number of aryl methyl sites for hydroxylation is 2. The molecule has 1 atom stereocenters. The minimum absolute atomic E-state index is 0.257. The molecular formula is C11H14O2S. The largest absolute Gasteiger partial charge is 0.306 e. The van der Waals surface area contributed by atoms with Crippen LogP contribution in [0.2, 0.25) is 0 Å². The fraction of sp³-hybridized carbons (Fsp3) is 0.455. The normalized spacial score (nSPS) is 17.5. The molecule has 2 nitrogen and oxygen atoms in total. The molecule has 0 amide bonds. The van der Waals surface area contributed by atoms with Crippen molar-refractivity contribution in [3.63, 3.8) is 0 Å². The zero-order chi connectivity index (χ0) is 9.97. The summed E-state index contributed by atoms with van der Waals surface area (Å²) in [6.07, 6.45) is 4.82. The maximum Gasteiger partial charge on any atom is 0.157 e. The van der Waals surface area contributed by atoms with Gasteiger partial charge in [0.2, 0.25) is 0 Å². The van der Waals surface area contributed by atoms with Crippen molar-refractivity contribution in [2.24, 2.45) is 0 Å². The average Bonchev–Trinajstić information content (AvgIpc) is 2.17. The molecular weight excluding hydrogens is 196 g/mol. The van der Waals surface area contributed by atoms with Crippen molar-refractivity contribution < 1.29 is 8.76 Å². The lowest BCUT2D eigenvalue weighted by Crippen LogP contribution is -2.04. The molecule has 1 aromatic rings. The van der Waals surface area contributed by atoms with Gasteiger partial charge in [-0.2, -0.15) is 0 Å². The Balaban J connectivity index is 2.24. The van der Waals surface area contributed by atoms with Gasteiger partial charge in [-0.25, -0.2) is 4.21 Å². The molecule has 3 heteroatoms. The molecule has 1 aliphatic rings. The SMILES string of the molecule is O=S(O)Cc1ccc2c(c1)CCCC2. The second-order valence-electron chi connectivity index (χ2n) is 3.78. The van der Waals surface area contributed by atoms with Gasteiger partial charge in [0.05, 0.1) is 5.75 Å². The first kappa shape index (κ1) is 9.87. The average molecular weight is 210 g/mol. The van der Waals surface area contributed by atoms with Crippen molar-refractivity contribution in [2.75, 3.05) is 0 Å². The second-order valence-corrected chi connectivity index (χ2v) is 4.71. The van der Waals surface area contributed by atoms with E-state index in [0.717, 1.165) is 18.4 Å². The molecule has 0 aliphatic heterocycles. The Morgan fingerprint density at radius 2 is 1.93 bits per heavy atom. The van der Waals surface area contributed by atoms with E-state index < -0.39 is 11.1 Å². The van der Waals surface area contributed by atoms with Gasteiger partial charge in [0.25, 0.3) is 0 Å². The molecule has 0 bridgehead atoms. The van der Waals surface area contributed by atoms with E-state index in [-0.39, 0.29) is 5.75 Å². The van der Waals surface area contributed by atoms with Gasteiger partial charge in [-0.05, 0) is 42.4 Å².